The molecule has 0 aromatic heterocycles. The third-order valence-electron chi connectivity index (χ3n) is 6.61. The first kappa shape index (κ1) is 22.0. The standard InChI is InChI=1S/C29H23.2ClH.Zr/c1-3-14-24-22(8-1)18-28-20(12-6-16-26(24)28)10-5-11-21-13-7-17-27-25-15-4-2-9-23(25)19-29(21)27;;;/h1-4,6-10,12-17H,5,11,18-19H2;2*1H;/q-1;;;+2/p-2. The van der Waals surface area contributed by atoms with Crippen LogP contribution in [-0.2, 0) is 40.1 Å². The van der Waals surface area contributed by atoms with Gasteiger partial charge in [0.15, 0.2) is 0 Å². The second-order valence-electron chi connectivity index (χ2n) is 8.30. The van der Waals surface area contributed by atoms with Crippen LogP contribution in [0.4, 0.5) is 0 Å². The molecule has 6 rings (SSSR count). The second kappa shape index (κ2) is 10.0. The van der Waals surface area contributed by atoms with Gasteiger partial charge in [0.2, 0.25) is 0 Å². The van der Waals surface area contributed by atoms with Crippen LogP contribution in [0.3, 0.4) is 0 Å². The molecule has 0 amide bonds. The molecule has 0 bridgehead atoms. The Bertz CT molecular complexity index is 1160. The summed E-state index contributed by atoms with van der Waals surface area (Å²) in [6.45, 7) is 0. The Kier molecular flexibility index (Phi) is 6.89. The predicted molar refractivity (Wildman–Crippen MR) is 133 cm³/mol. The van der Waals surface area contributed by atoms with Crippen molar-refractivity contribution in [1.82, 2.24) is 0 Å². The topological polar surface area (TPSA) is 0 Å². The van der Waals surface area contributed by atoms with Gasteiger partial charge in [-0.05, 0) is 58.2 Å². The minimum Gasteiger partial charge on any atom is -0.188 e. The first-order valence-electron chi connectivity index (χ1n) is 11.0. The van der Waals surface area contributed by atoms with E-state index in [2.05, 4.69) is 91.3 Å². The number of benzene rings is 4. The maximum atomic E-state index is 4.93. The molecule has 2 aliphatic rings. The Hall–Kier alpha value is -1.79. The molecule has 0 atom stereocenters. The van der Waals surface area contributed by atoms with Crippen molar-refractivity contribution >= 4 is 17.0 Å². The van der Waals surface area contributed by atoms with Gasteiger partial charge in [0.1, 0.15) is 0 Å². The third kappa shape index (κ3) is 4.24. The molecule has 32 heavy (non-hydrogen) atoms. The van der Waals surface area contributed by atoms with E-state index in [0.29, 0.717) is 0 Å². The van der Waals surface area contributed by atoms with E-state index in [-0.39, 0.29) is 0 Å². The Balaban J connectivity index is 0.000000684. The minimum absolute atomic E-state index is 0.826. The van der Waals surface area contributed by atoms with Crippen molar-refractivity contribution < 1.29 is 20.8 Å². The molecular formula is C29H23Cl2Zr-. The van der Waals surface area contributed by atoms with E-state index in [4.69, 9.17) is 17.0 Å². The summed E-state index contributed by atoms with van der Waals surface area (Å²) in [5.74, 6) is 0. The van der Waals surface area contributed by atoms with E-state index in [1.807, 2.05) is 0 Å². The molecule has 4 aromatic rings. The molecule has 0 nitrogen and oxygen atoms in total. The number of aryl methyl sites for hydroxylation is 1. The first-order chi connectivity index (χ1) is 15.8. The zero-order valence-corrected chi connectivity index (χ0v) is 21.7. The summed E-state index contributed by atoms with van der Waals surface area (Å²) < 4.78 is 0. The molecule has 158 valence electrons. The Labute approximate surface area is 209 Å². The fourth-order valence-electron chi connectivity index (χ4n) is 5.21. The van der Waals surface area contributed by atoms with Crippen molar-refractivity contribution in [3.05, 3.63) is 125 Å². The maximum absolute atomic E-state index is 4.93. The Morgan fingerprint density at radius 1 is 0.625 bits per heavy atom. The van der Waals surface area contributed by atoms with Gasteiger partial charge in [-0.2, -0.15) is 18.1 Å². The van der Waals surface area contributed by atoms with Gasteiger partial charge in [0, 0.05) is 0 Å². The summed E-state index contributed by atoms with van der Waals surface area (Å²) in [7, 11) is 9.87. The molecule has 0 saturated heterocycles. The molecule has 0 fully saturated rings. The molecule has 0 saturated carbocycles. The molecule has 3 heteroatoms. The monoisotopic (exact) mass is 531 g/mol. The molecule has 0 spiro atoms. The fraction of sp³-hybridized carbons (Fsp3) is 0.138. The molecule has 2 aliphatic carbocycles. The van der Waals surface area contributed by atoms with Crippen molar-refractivity contribution in [3.63, 3.8) is 0 Å². The number of hydrogen-bond donors (Lipinski definition) is 0. The molecule has 0 unspecified atom stereocenters. The number of fused-ring (bicyclic) bond motifs is 6. The van der Waals surface area contributed by atoms with Crippen LogP contribution in [-0.4, -0.2) is 0 Å². The molecule has 0 aliphatic heterocycles. The fourth-order valence-corrected chi connectivity index (χ4v) is 5.21. The zero-order valence-electron chi connectivity index (χ0n) is 17.7. The summed E-state index contributed by atoms with van der Waals surface area (Å²) in [6.07, 6.45) is 6.78. The van der Waals surface area contributed by atoms with Crippen LogP contribution in [0, 0.1) is 6.42 Å². The van der Waals surface area contributed by atoms with Gasteiger partial charge in [0.25, 0.3) is 0 Å². The van der Waals surface area contributed by atoms with Crippen LogP contribution < -0.4 is 0 Å². The maximum Gasteiger partial charge on any atom is -0.00107 e. The number of hydrogen-bond acceptors (Lipinski definition) is 0. The van der Waals surface area contributed by atoms with Gasteiger partial charge < -0.3 is 0 Å². The van der Waals surface area contributed by atoms with E-state index >= 15 is 0 Å². The molecule has 0 heterocycles. The summed E-state index contributed by atoms with van der Waals surface area (Å²) >= 11 is -0.826. The summed E-state index contributed by atoms with van der Waals surface area (Å²) in [5, 5.41) is 0. The van der Waals surface area contributed by atoms with Crippen molar-refractivity contribution in [3.8, 4) is 22.3 Å². The quantitative estimate of drug-likeness (QED) is 0.200. The van der Waals surface area contributed by atoms with Gasteiger partial charge >= 0.3 is 37.9 Å². The third-order valence-corrected chi connectivity index (χ3v) is 6.61. The Morgan fingerprint density at radius 3 is 1.84 bits per heavy atom. The van der Waals surface area contributed by atoms with E-state index in [9.17, 15) is 0 Å². The van der Waals surface area contributed by atoms with Crippen LogP contribution in [0.1, 0.15) is 39.8 Å². The summed E-state index contributed by atoms with van der Waals surface area (Å²) in [5.41, 5.74) is 14.6. The van der Waals surface area contributed by atoms with Crippen molar-refractivity contribution in [2.24, 2.45) is 0 Å². The van der Waals surface area contributed by atoms with Crippen LogP contribution in [0.25, 0.3) is 22.3 Å². The van der Waals surface area contributed by atoms with E-state index in [0.717, 1.165) is 25.7 Å². The van der Waals surface area contributed by atoms with Gasteiger partial charge in [0.05, 0.1) is 0 Å². The van der Waals surface area contributed by atoms with E-state index in [1.54, 1.807) is 0 Å². The van der Waals surface area contributed by atoms with Crippen LogP contribution in [0.5, 0.6) is 0 Å². The average molecular weight is 534 g/mol. The van der Waals surface area contributed by atoms with Crippen molar-refractivity contribution in [2.75, 3.05) is 0 Å². The van der Waals surface area contributed by atoms with Crippen LogP contribution in [0.15, 0.2) is 84.9 Å². The van der Waals surface area contributed by atoms with Gasteiger partial charge in [-0.15, -0.1) is 11.6 Å². The number of halogens is 2. The number of rotatable bonds is 4. The summed E-state index contributed by atoms with van der Waals surface area (Å²) in [4.78, 5) is 0. The SMILES string of the molecule is [Cl][Zr][Cl].c1ccc2c(c1)Cc1c([CH-]CCc3cccc4c3Cc3ccccc3-4)cccc1-2. The average Bonchev–Trinajstić information content (AvgIpc) is 3.39. The minimum atomic E-state index is -0.826. The molecule has 4 aromatic carbocycles. The predicted octanol–water partition coefficient (Wildman–Crippen LogP) is 8.39. The van der Waals surface area contributed by atoms with E-state index in [1.165, 1.54) is 55.6 Å². The normalized spacial score (nSPS) is 12.1. The van der Waals surface area contributed by atoms with Crippen molar-refractivity contribution in [2.45, 2.75) is 25.7 Å². The van der Waals surface area contributed by atoms with Crippen LogP contribution >= 0.6 is 17.0 Å². The van der Waals surface area contributed by atoms with Gasteiger partial charge in [-0.1, -0.05) is 84.8 Å². The Morgan fingerprint density at radius 2 is 1.16 bits per heavy atom. The van der Waals surface area contributed by atoms with Gasteiger partial charge in [-0.25, -0.2) is 0 Å². The molecule has 0 N–H and O–H groups in total. The smallest absolute Gasteiger partial charge is 0.00107 e. The largest absolute Gasteiger partial charge is 0.188 e. The second-order valence-corrected chi connectivity index (χ2v) is 12.0. The van der Waals surface area contributed by atoms with Gasteiger partial charge in [-0.3, -0.25) is 0 Å². The van der Waals surface area contributed by atoms with Crippen molar-refractivity contribution in [1.29, 1.82) is 0 Å². The zero-order chi connectivity index (χ0) is 21.9. The molecular weight excluding hydrogens is 510 g/mol. The van der Waals surface area contributed by atoms with E-state index < -0.39 is 20.8 Å². The van der Waals surface area contributed by atoms with Crippen LogP contribution in [0.2, 0.25) is 0 Å². The summed E-state index contributed by atoms with van der Waals surface area (Å²) in [6, 6.07) is 31.3. The molecule has 0 radical (unpaired) electrons. The first-order valence-corrected chi connectivity index (χ1v) is 17.3.